The van der Waals surface area contributed by atoms with Gasteiger partial charge in [-0.3, -0.25) is 4.79 Å². The Labute approximate surface area is 65.4 Å². The fraction of sp³-hybridized carbons (Fsp3) is 0.800. The van der Waals surface area contributed by atoms with Gasteiger partial charge in [-0.05, 0) is 12.8 Å². The van der Waals surface area contributed by atoms with Crippen LogP contribution in [0.5, 0.6) is 0 Å². The summed E-state index contributed by atoms with van der Waals surface area (Å²) in [5.74, 6) is 4.04. The summed E-state index contributed by atoms with van der Waals surface area (Å²) >= 11 is 0. The molecule has 0 bridgehead atoms. The van der Waals surface area contributed by atoms with Crippen LogP contribution in [0, 0.1) is 0 Å². The maximum atomic E-state index is 10.4. The third-order valence-electron chi connectivity index (χ3n) is 1.10. The standard InChI is InChI=1S/C5H10NO4P/c6-10-5(7)3-1-2-4-11(8)9/h1-4,6H2. The van der Waals surface area contributed by atoms with Crippen molar-refractivity contribution < 1.29 is 19.1 Å². The second-order valence-electron chi connectivity index (χ2n) is 2.00. The molecule has 11 heavy (non-hydrogen) atoms. The van der Waals surface area contributed by atoms with Crippen molar-refractivity contribution >= 4 is 14.0 Å². The molecule has 1 unspecified atom stereocenters. The fourth-order valence-corrected chi connectivity index (χ4v) is 1.05. The molecule has 0 aliphatic carbocycles. The van der Waals surface area contributed by atoms with Crippen LogP contribution in [0.2, 0.25) is 0 Å². The molecule has 0 radical (unpaired) electrons. The third kappa shape index (κ3) is 7.39. The van der Waals surface area contributed by atoms with E-state index in [0.717, 1.165) is 0 Å². The zero-order valence-electron chi connectivity index (χ0n) is 5.99. The van der Waals surface area contributed by atoms with Crippen LogP contribution >= 0.6 is 8.03 Å². The van der Waals surface area contributed by atoms with E-state index in [1.807, 2.05) is 0 Å². The first-order valence-electron chi connectivity index (χ1n) is 3.18. The van der Waals surface area contributed by atoms with Gasteiger partial charge in [-0.15, -0.1) is 0 Å². The highest BCUT2D eigenvalue weighted by atomic mass is 31.1. The van der Waals surface area contributed by atoms with E-state index in [1.54, 1.807) is 0 Å². The van der Waals surface area contributed by atoms with Crippen molar-refractivity contribution in [2.24, 2.45) is 5.90 Å². The minimum atomic E-state index is -2.32. The summed E-state index contributed by atoms with van der Waals surface area (Å²) in [5.41, 5.74) is 0. The van der Waals surface area contributed by atoms with Crippen molar-refractivity contribution in [3.05, 3.63) is 0 Å². The Morgan fingerprint density at radius 3 is 2.64 bits per heavy atom. The van der Waals surface area contributed by atoms with Crippen molar-refractivity contribution in [2.45, 2.75) is 19.3 Å². The van der Waals surface area contributed by atoms with Crippen molar-refractivity contribution in [1.29, 1.82) is 0 Å². The molecule has 0 heterocycles. The van der Waals surface area contributed by atoms with Crippen LogP contribution in [0.3, 0.4) is 0 Å². The quantitative estimate of drug-likeness (QED) is 0.354. The Morgan fingerprint density at radius 1 is 1.55 bits per heavy atom. The summed E-state index contributed by atoms with van der Waals surface area (Å²) in [6.45, 7) is 0. The average molecular weight is 179 g/mol. The Morgan fingerprint density at radius 2 is 2.18 bits per heavy atom. The molecule has 64 valence electrons. The van der Waals surface area contributed by atoms with Crippen LogP contribution in [-0.4, -0.2) is 12.1 Å². The molecule has 0 fully saturated rings. The molecular formula is C5H10NO4P. The van der Waals surface area contributed by atoms with Crippen LogP contribution in [0.25, 0.3) is 0 Å². The zero-order chi connectivity index (χ0) is 8.69. The molecule has 0 amide bonds. The molecule has 0 aromatic heterocycles. The molecule has 0 aromatic carbocycles. The lowest BCUT2D eigenvalue weighted by Gasteiger charge is -1.94. The van der Waals surface area contributed by atoms with Gasteiger partial charge in [0.2, 0.25) is 0 Å². The number of hydrogen-bond acceptors (Lipinski definition) is 5. The highest BCUT2D eigenvalue weighted by Crippen LogP contribution is 2.10. The van der Waals surface area contributed by atoms with Gasteiger partial charge in [0.1, 0.15) is 6.16 Å². The second kappa shape index (κ2) is 6.22. The average Bonchev–Trinajstić information content (AvgIpc) is 1.97. The smallest absolute Gasteiger partial charge is 0.324 e. The van der Waals surface area contributed by atoms with Gasteiger partial charge in [0.25, 0.3) is 0 Å². The molecule has 5 nitrogen and oxygen atoms in total. The normalized spacial score (nSPS) is 10.9. The lowest BCUT2D eigenvalue weighted by molar-refractivity contribution is -0.164. The number of hydrogen-bond donors (Lipinski definition) is 1. The number of carbonyl (C=O) groups excluding carboxylic acids is 1. The van der Waals surface area contributed by atoms with Gasteiger partial charge in [-0.2, -0.15) is 5.90 Å². The van der Waals surface area contributed by atoms with E-state index >= 15 is 0 Å². The first-order chi connectivity index (χ1) is 5.16. The number of nitrogens with two attached hydrogens (primary N) is 1. The summed E-state index contributed by atoms with van der Waals surface area (Å²) in [4.78, 5) is 24.2. The Balaban J connectivity index is 3.14. The molecule has 0 saturated heterocycles. The van der Waals surface area contributed by atoms with Crippen molar-refractivity contribution in [3.8, 4) is 0 Å². The van der Waals surface area contributed by atoms with Crippen molar-refractivity contribution in [1.82, 2.24) is 0 Å². The van der Waals surface area contributed by atoms with Gasteiger partial charge >= 0.3 is 14.0 Å². The minimum absolute atomic E-state index is 0.118. The Kier molecular flexibility index (Phi) is 5.93. The molecule has 6 heteroatoms. The van der Waals surface area contributed by atoms with Crippen LogP contribution in [-0.2, 0) is 14.2 Å². The largest absolute Gasteiger partial charge is 0.596 e. The topological polar surface area (TPSA) is 92.5 Å². The lowest BCUT2D eigenvalue weighted by Crippen LogP contribution is -2.09. The molecular weight excluding hydrogens is 169 g/mol. The fourth-order valence-electron chi connectivity index (χ4n) is 0.569. The molecule has 1 atom stereocenters. The Hall–Kier alpha value is -0.510. The third-order valence-corrected chi connectivity index (χ3v) is 1.78. The highest BCUT2D eigenvalue weighted by Gasteiger charge is 2.03. The SMILES string of the molecule is NOC(=O)CCCC[P+](=O)[O-]. The van der Waals surface area contributed by atoms with Gasteiger partial charge in [-0.1, -0.05) is 4.57 Å². The molecule has 0 rings (SSSR count). The lowest BCUT2D eigenvalue weighted by atomic mass is 10.2. The molecule has 0 aliphatic rings. The summed E-state index contributed by atoms with van der Waals surface area (Å²) in [5, 5.41) is 0. The molecule has 0 aliphatic heterocycles. The maximum Gasteiger partial charge on any atom is 0.324 e. The van der Waals surface area contributed by atoms with E-state index < -0.39 is 14.0 Å². The van der Waals surface area contributed by atoms with Crippen molar-refractivity contribution in [2.75, 3.05) is 6.16 Å². The predicted octanol–water partition coefficient (Wildman–Crippen LogP) is -0.324. The highest BCUT2D eigenvalue weighted by molar-refractivity contribution is 7.36. The van der Waals surface area contributed by atoms with Crippen molar-refractivity contribution in [3.63, 3.8) is 0 Å². The molecule has 2 N–H and O–H groups in total. The molecule has 0 aromatic rings. The summed E-state index contributed by atoms with van der Waals surface area (Å²) in [6, 6.07) is 0. The van der Waals surface area contributed by atoms with E-state index in [9.17, 15) is 14.3 Å². The summed E-state index contributed by atoms with van der Waals surface area (Å²) in [6.07, 6.45) is 1.28. The van der Waals surface area contributed by atoms with E-state index in [2.05, 4.69) is 10.7 Å². The predicted molar refractivity (Wildman–Crippen MR) is 36.6 cm³/mol. The van der Waals surface area contributed by atoms with Gasteiger partial charge in [0, 0.05) is 6.42 Å². The minimum Gasteiger partial charge on any atom is -0.596 e. The number of carbonyl (C=O) groups is 1. The number of rotatable bonds is 5. The van der Waals surface area contributed by atoms with Crippen LogP contribution < -0.4 is 10.8 Å². The van der Waals surface area contributed by atoms with Gasteiger partial charge in [0.05, 0.1) is 0 Å². The van der Waals surface area contributed by atoms with Crippen LogP contribution in [0.15, 0.2) is 0 Å². The van der Waals surface area contributed by atoms with E-state index in [1.165, 1.54) is 0 Å². The first-order valence-corrected chi connectivity index (χ1v) is 4.54. The van der Waals surface area contributed by atoms with E-state index in [4.69, 9.17) is 0 Å². The van der Waals surface area contributed by atoms with Gasteiger partial charge in [-0.25, -0.2) is 0 Å². The zero-order valence-corrected chi connectivity index (χ0v) is 6.88. The second-order valence-corrected chi connectivity index (χ2v) is 3.12. The number of unbranched alkanes of at least 4 members (excludes halogenated alkanes) is 1. The Bertz CT molecular complexity index is 149. The molecule has 0 spiro atoms. The maximum absolute atomic E-state index is 10.4. The van der Waals surface area contributed by atoms with Gasteiger partial charge < -0.3 is 9.73 Å². The molecule has 0 saturated carbocycles. The van der Waals surface area contributed by atoms with Crippen LogP contribution in [0.1, 0.15) is 19.3 Å². The van der Waals surface area contributed by atoms with Gasteiger partial charge in [0.15, 0.2) is 0 Å². The van der Waals surface area contributed by atoms with E-state index in [-0.39, 0.29) is 12.6 Å². The van der Waals surface area contributed by atoms with Crippen LogP contribution in [0.4, 0.5) is 0 Å². The summed E-state index contributed by atoms with van der Waals surface area (Å²) < 4.78 is 10.0. The summed E-state index contributed by atoms with van der Waals surface area (Å²) in [7, 11) is -2.32. The monoisotopic (exact) mass is 179 g/mol. The first kappa shape index (κ1) is 10.5. The van der Waals surface area contributed by atoms with E-state index in [0.29, 0.717) is 12.8 Å².